The Morgan fingerprint density at radius 3 is 2.41 bits per heavy atom. The molecule has 5 nitrogen and oxygen atoms in total. The Hall–Kier alpha value is -3.38. The van der Waals surface area contributed by atoms with Crippen molar-refractivity contribution < 1.29 is 19.1 Å². The molecule has 34 heavy (non-hydrogen) atoms. The Bertz CT molecular complexity index is 1310. The number of benzene rings is 3. The lowest BCUT2D eigenvalue weighted by atomic mass is 10.1. The molecule has 0 saturated carbocycles. The number of rotatable bonds is 9. The normalized spacial score (nSPS) is 10.9. The number of aromatic nitrogens is 1. The number of hydrogen-bond donors (Lipinski definition) is 0. The fourth-order valence-electron chi connectivity index (χ4n) is 4.05. The monoisotopic (exact) mass is 519 g/mol. The third kappa shape index (κ3) is 5.23. The van der Waals surface area contributed by atoms with Crippen LogP contribution in [0.25, 0.3) is 10.9 Å². The van der Waals surface area contributed by atoms with Crippen molar-refractivity contribution in [3.05, 3.63) is 99.7 Å². The number of carbonyl (C=O) groups is 2. The van der Waals surface area contributed by atoms with Crippen LogP contribution in [0, 0.1) is 6.92 Å². The molecule has 0 amide bonds. The van der Waals surface area contributed by atoms with Gasteiger partial charge in [-0.05, 0) is 56.2 Å². The number of halogens is 1. The molecule has 0 fully saturated rings. The van der Waals surface area contributed by atoms with Crippen molar-refractivity contribution >= 4 is 38.6 Å². The summed E-state index contributed by atoms with van der Waals surface area (Å²) in [5.41, 5.74) is 4.14. The van der Waals surface area contributed by atoms with Crippen LogP contribution in [0.15, 0.2) is 77.3 Å². The first-order chi connectivity index (χ1) is 16.5. The van der Waals surface area contributed by atoms with E-state index in [1.54, 1.807) is 19.1 Å². The minimum Gasteiger partial charge on any atom is -0.485 e. The summed E-state index contributed by atoms with van der Waals surface area (Å²) in [6.07, 6.45) is 0.841. The number of aryl methyl sites for hydroxylation is 2. The van der Waals surface area contributed by atoms with Gasteiger partial charge >= 0.3 is 5.97 Å². The fourth-order valence-corrected chi connectivity index (χ4v) is 4.32. The van der Waals surface area contributed by atoms with Gasteiger partial charge in [0.2, 0.25) is 0 Å². The molecule has 0 N–H and O–H groups in total. The molecule has 0 aliphatic carbocycles. The van der Waals surface area contributed by atoms with E-state index >= 15 is 0 Å². The minimum atomic E-state index is -0.355. The Morgan fingerprint density at radius 2 is 1.71 bits per heavy atom. The minimum absolute atomic E-state index is 0.0877. The first kappa shape index (κ1) is 23.8. The number of ketones is 1. The Morgan fingerprint density at radius 1 is 0.971 bits per heavy atom. The summed E-state index contributed by atoms with van der Waals surface area (Å²) in [5, 5.41) is 0.762. The van der Waals surface area contributed by atoms with Crippen molar-refractivity contribution in [1.29, 1.82) is 0 Å². The number of fused-ring (bicyclic) bond motifs is 1. The first-order valence-electron chi connectivity index (χ1n) is 11.2. The zero-order valence-electron chi connectivity index (χ0n) is 19.2. The molecule has 0 aliphatic rings. The van der Waals surface area contributed by atoms with Gasteiger partial charge < -0.3 is 14.0 Å². The molecule has 0 radical (unpaired) electrons. The maximum absolute atomic E-state index is 12.8. The summed E-state index contributed by atoms with van der Waals surface area (Å²) < 4.78 is 14.2. The van der Waals surface area contributed by atoms with Crippen molar-refractivity contribution in [3.8, 4) is 5.75 Å². The average molecular weight is 520 g/mol. The van der Waals surface area contributed by atoms with Gasteiger partial charge in [0, 0.05) is 33.2 Å². The lowest BCUT2D eigenvalue weighted by Gasteiger charge is -2.10. The van der Waals surface area contributed by atoms with Crippen LogP contribution in [0.3, 0.4) is 0 Å². The predicted octanol–water partition coefficient (Wildman–Crippen LogP) is 6.39. The highest BCUT2D eigenvalue weighted by molar-refractivity contribution is 9.10. The molecule has 174 valence electrons. The molecule has 0 saturated heterocycles. The van der Waals surface area contributed by atoms with E-state index in [0.717, 1.165) is 34.0 Å². The van der Waals surface area contributed by atoms with Crippen molar-refractivity contribution in [3.63, 3.8) is 0 Å². The van der Waals surface area contributed by atoms with Gasteiger partial charge in [-0.1, -0.05) is 58.4 Å². The van der Waals surface area contributed by atoms with Gasteiger partial charge in [0.1, 0.15) is 5.75 Å². The Balaban J connectivity index is 1.61. The smallest absolute Gasteiger partial charge is 0.340 e. The molecule has 0 unspecified atom stereocenters. The lowest BCUT2D eigenvalue weighted by molar-refractivity contribution is 0.0527. The molecular formula is C28H26BrNO4. The second-order valence-corrected chi connectivity index (χ2v) is 8.88. The van der Waals surface area contributed by atoms with Crippen LogP contribution in [0.4, 0.5) is 0 Å². The molecule has 0 atom stereocenters. The Labute approximate surface area is 207 Å². The molecular weight excluding hydrogens is 494 g/mol. The van der Waals surface area contributed by atoms with Crippen LogP contribution in [0.5, 0.6) is 5.75 Å². The molecule has 3 aromatic carbocycles. The molecule has 4 aromatic rings. The van der Waals surface area contributed by atoms with Gasteiger partial charge in [-0.15, -0.1) is 0 Å². The van der Waals surface area contributed by atoms with Gasteiger partial charge in [-0.3, -0.25) is 4.79 Å². The van der Waals surface area contributed by atoms with Crippen LogP contribution in [-0.2, 0) is 17.7 Å². The van der Waals surface area contributed by atoms with Crippen LogP contribution in [0.1, 0.15) is 38.9 Å². The van der Waals surface area contributed by atoms with E-state index in [-0.39, 0.29) is 18.4 Å². The van der Waals surface area contributed by atoms with Crippen molar-refractivity contribution in [2.24, 2.45) is 0 Å². The van der Waals surface area contributed by atoms with Gasteiger partial charge in [-0.25, -0.2) is 4.79 Å². The quantitative estimate of drug-likeness (QED) is 0.190. The highest BCUT2D eigenvalue weighted by atomic mass is 79.9. The van der Waals surface area contributed by atoms with E-state index < -0.39 is 0 Å². The van der Waals surface area contributed by atoms with Crippen LogP contribution in [0.2, 0.25) is 0 Å². The number of esters is 1. The van der Waals surface area contributed by atoms with Gasteiger partial charge in [0.25, 0.3) is 0 Å². The first-order valence-corrected chi connectivity index (χ1v) is 12.0. The summed E-state index contributed by atoms with van der Waals surface area (Å²) in [6.45, 7) is 4.68. The third-order valence-electron chi connectivity index (χ3n) is 5.78. The SMILES string of the molecule is CCOC(=O)c1c(C)n(CCc2ccccc2)c2ccc(OCC(=O)c3ccc(Br)cc3)cc12. The topological polar surface area (TPSA) is 57.5 Å². The van der Waals surface area contributed by atoms with E-state index in [9.17, 15) is 9.59 Å². The third-order valence-corrected chi connectivity index (χ3v) is 6.31. The molecule has 0 bridgehead atoms. The highest BCUT2D eigenvalue weighted by Crippen LogP contribution is 2.30. The maximum Gasteiger partial charge on any atom is 0.340 e. The van der Waals surface area contributed by atoms with E-state index in [0.29, 0.717) is 23.5 Å². The van der Waals surface area contributed by atoms with Crippen LogP contribution >= 0.6 is 15.9 Å². The van der Waals surface area contributed by atoms with Crippen molar-refractivity contribution in [2.45, 2.75) is 26.8 Å². The highest BCUT2D eigenvalue weighted by Gasteiger charge is 2.22. The number of Topliss-reactive ketones (excluding diaryl/α,β-unsaturated/α-hetero) is 1. The molecule has 1 heterocycles. The predicted molar refractivity (Wildman–Crippen MR) is 137 cm³/mol. The fraction of sp³-hybridized carbons (Fsp3) is 0.214. The lowest BCUT2D eigenvalue weighted by Crippen LogP contribution is -2.11. The summed E-state index contributed by atoms with van der Waals surface area (Å²) in [6, 6.07) is 23.0. The number of hydrogen-bond acceptors (Lipinski definition) is 4. The summed E-state index contributed by atoms with van der Waals surface area (Å²) in [7, 11) is 0. The molecule has 4 rings (SSSR count). The van der Waals surface area contributed by atoms with E-state index in [4.69, 9.17) is 9.47 Å². The largest absolute Gasteiger partial charge is 0.485 e. The maximum atomic E-state index is 12.8. The molecule has 6 heteroatoms. The Kier molecular flexibility index (Phi) is 7.48. The number of carbonyl (C=O) groups excluding carboxylic acids is 2. The zero-order valence-corrected chi connectivity index (χ0v) is 20.8. The van der Waals surface area contributed by atoms with Gasteiger partial charge in [0.15, 0.2) is 12.4 Å². The van der Waals surface area contributed by atoms with Gasteiger partial charge in [0.05, 0.1) is 12.2 Å². The second kappa shape index (κ2) is 10.7. The second-order valence-electron chi connectivity index (χ2n) is 7.97. The zero-order chi connectivity index (χ0) is 24.1. The van der Waals surface area contributed by atoms with E-state index in [1.165, 1.54) is 5.56 Å². The van der Waals surface area contributed by atoms with Gasteiger partial charge in [-0.2, -0.15) is 0 Å². The standard InChI is InChI=1S/C28H26BrNO4/c1-3-33-28(32)27-19(2)30(16-15-20-7-5-4-6-8-20)25-14-13-23(17-24(25)27)34-18-26(31)21-9-11-22(29)12-10-21/h4-14,17H,3,15-16,18H2,1-2H3. The number of ether oxygens (including phenoxy) is 2. The molecule has 0 spiro atoms. The molecule has 1 aromatic heterocycles. The summed E-state index contributed by atoms with van der Waals surface area (Å²) >= 11 is 3.37. The van der Waals surface area contributed by atoms with E-state index in [1.807, 2.05) is 55.5 Å². The summed E-state index contributed by atoms with van der Waals surface area (Å²) in [4.78, 5) is 25.3. The van der Waals surface area contributed by atoms with Crippen molar-refractivity contribution in [1.82, 2.24) is 4.57 Å². The molecule has 0 aliphatic heterocycles. The summed E-state index contributed by atoms with van der Waals surface area (Å²) in [5.74, 6) is 0.0603. The van der Waals surface area contributed by atoms with E-state index in [2.05, 4.69) is 32.6 Å². The van der Waals surface area contributed by atoms with Crippen molar-refractivity contribution in [2.75, 3.05) is 13.2 Å². The average Bonchev–Trinajstić information content (AvgIpc) is 3.12. The van der Waals surface area contributed by atoms with Crippen LogP contribution < -0.4 is 4.74 Å². The van der Waals surface area contributed by atoms with Crippen LogP contribution in [-0.4, -0.2) is 29.5 Å². The number of nitrogens with zero attached hydrogens (tertiary/aromatic N) is 1.